The maximum Gasteiger partial charge on any atom is 0.267 e. The third-order valence-electron chi connectivity index (χ3n) is 5.15. The molecule has 0 aliphatic carbocycles. The highest BCUT2D eigenvalue weighted by Crippen LogP contribution is 2.35. The molecule has 0 unspecified atom stereocenters. The Morgan fingerprint density at radius 1 is 0.931 bits per heavy atom. The van der Waals surface area contributed by atoms with Gasteiger partial charge >= 0.3 is 0 Å². The molecule has 29 heavy (non-hydrogen) atoms. The normalized spacial score (nSPS) is 13.4. The molecule has 2 aromatic carbocycles. The summed E-state index contributed by atoms with van der Waals surface area (Å²) >= 11 is 0. The van der Waals surface area contributed by atoms with E-state index in [-0.39, 0.29) is 11.4 Å². The van der Waals surface area contributed by atoms with Crippen LogP contribution >= 0.6 is 0 Å². The summed E-state index contributed by atoms with van der Waals surface area (Å²) in [7, 11) is 0. The number of benzene rings is 2. The first kappa shape index (κ1) is 17.2. The fraction of sp³-hybridized carbons (Fsp3) is 0.0909. The van der Waals surface area contributed by atoms with Gasteiger partial charge in [-0.1, -0.05) is 18.2 Å². The lowest BCUT2D eigenvalue weighted by Crippen LogP contribution is -2.30. The van der Waals surface area contributed by atoms with E-state index in [4.69, 9.17) is 0 Å². The third kappa shape index (κ3) is 2.40. The second kappa shape index (κ2) is 6.07. The number of anilines is 1. The van der Waals surface area contributed by atoms with E-state index in [0.717, 1.165) is 5.56 Å². The molecule has 0 bridgehead atoms. The van der Waals surface area contributed by atoms with Gasteiger partial charge < -0.3 is 0 Å². The smallest absolute Gasteiger partial charge is 0.267 e. The minimum atomic E-state index is -0.400. The summed E-state index contributed by atoms with van der Waals surface area (Å²) in [5.41, 5.74) is 3.56. The molecule has 0 spiro atoms. The maximum atomic E-state index is 13.3. The van der Waals surface area contributed by atoms with Crippen LogP contribution in [0.3, 0.4) is 0 Å². The second-order valence-corrected chi connectivity index (χ2v) is 6.95. The van der Waals surface area contributed by atoms with Crippen LogP contribution < -0.4 is 4.90 Å². The minimum Gasteiger partial charge on any atom is -0.268 e. The summed E-state index contributed by atoms with van der Waals surface area (Å²) in [5.74, 6) is -1.15. The molecule has 0 atom stereocenters. The molecule has 1 aliphatic heterocycles. The van der Waals surface area contributed by atoms with E-state index in [1.165, 1.54) is 23.2 Å². The first-order valence-electron chi connectivity index (χ1n) is 9.06. The molecule has 0 N–H and O–H groups in total. The number of carbonyl (C=O) groups is 2. The highest BCUT2D eigenvalue weighted by Gasteiger charge is 2.40. The van der Waals surface area contributed by atoms with Gasteiger partial charge in [0.2, 0.25) is 0 Å². The average Bonchev–Trinajstić information content (AvgIpc) is 3.18. The van der Waals surface area contributed by atoms with E-state index in [1.54, 1.807) is 35.9 Å². The Morgan fingerprint density at radius 2 is 1.66 bits per heavy atom. The van der Waals surface area contributed by atoms with Gasteiger partial charge in [0.05, 0.1) is 33.6 Å². The SMILES string of the molecule is Cc1ccccc1N1C(=O)c2cnc3c(c(C)nn3-c3ccc(F)cc3)c2C1=O. The summed E-state index contributed by atoms with van der Waals surface area (Å²) in [6.45, 7) is 3.61. The predicted octanol–water partition coefficient (Wildman–Crippen LogP) is 3.98. The standard InChI is InChI=1S/C22H15FN4O2/c1-12-5-3-4-6-17(12)26-21(28)16-11-24-20-18(19(16)22(26)29)13(2)25-27(20)15-9-7-14(23)8-10-15/h3-11H,1-2H3. The van der Waals surface area contributed by atoms with Crippen LogP contribution in [-0.4, -0.2) is 26.6 Å². The molecule has 4 aromatic rings. The van der Waals surface area contributed by atoms with Gasteiger partial charge in [0.15, 0.2) is 5.65 Å². The molecule has 2 amide bonds. The Bertz CT molecular complexity index is 1320. The van der Waals surface area contributed by atoms with Crippen LogP contribution in [-0.2, 0) is 0 Å². The van der Waals surface area contributed by atoms with Gasteiger partial charge in [-0.15, -0.1) is 0 Å². The first-order chi connectivity index (χ1) is 14.0. The largest absolute Gasteiger partial charge is 0.268 e. The minimum absolute atomic E-state index is 0.257. The van der Waals surface area contributed by atoms with E-state index in [9.17, 15) is 14.0 Å². The number of carbonyl (C=O) groups excluding carboxylic acids is 2. The van der Waals surface area contributed by atoms with Crippen molar-refractivity contribution in [3.05, 3.63) is 82.9 Å². The van der Waals surface area contributed by atoms with Crippen molar-refractivity contribution in [3.8, 4) is 5.69 Å². The molecule has 6 nitrogen and oxygen atoms in total. The van der Waals surface area contributed by atoms with Crippen molar-refractivity contribution in [2.75, 3.05) is 4.90 Å². The van der Waals surface area contributed by atoms with Crippen molar-refractivity contribution >= 4 is 28.5 Å². The highest BCUT2D eigenvalue weighted by atomic mass is 19.1. The van der Waals surface area contributed by atoms with Gasteiger partial charge in [-0.25, -0.2) is 19.0 Å². The Kier molecular flexibility index (Phi) is 3.61. The summed E-state index contributed by atoms with van der Waals surface area (Å²) in [6, 6.07) is 13.1. The van der Waals surface area contributed by atoms with Gasteiger partial charge in [-0.2, -0.15) is 5.10 Å². The van der Waals surface area contributed by atoms with Gasteiger partial charge in [0.25, 0.3) is 11.8 Å². The number of pyridine rings is 1. The molecular formula is C22H15FN4O2. The predicted molar refractivity (Wildman–Crippen MR) is 106 cm³/mol. The molecule has 1 aliphatic rings. The van der Waals surface area contributed by atoms with E-state index >= 15 is 0 Å². The van der Waals surface area contributed by atoms with Gasteiger partial charge in [-0.05, 0) is 49.7 Å². The summed E-state index contributed by atoms with van der Waals surface area (Å²) in [6.07, 6.45) is 1.41. The van der Waals surface area contributed by atoms with Crippen LogP contribution in [0.4, 0.5) is 10.1 Å². The summed E-state index contributed by atoms with van der Waals surface area (Å²) < 4.78 is 14.9. The number of fused-ring (bicyclic) bond motifs is 3. The van der Waals surface area contributed by atoms with Crippen LogP contribution in [0.2, 0.25) is 0 Å². The fourth-order valence-corrected chi connectivity index (χ4v) is 3.76. The quantitative estimate of drug-likeness (QED) is 0.489. The monoisotopic (exact) mass is 386 g/mol. The fourth-order valence-electron chi connectivity index (χ4n) is 3.76. The van der Waals surface area contributed by atoms with Crippen LogP contribution in [0.15, 0.2) is 54.7 Å². The highest BCUT2D eigenvalue weighted by molar-refractivity contribution is 6.37. The van der Waals surface area contributed by atoms with E-state index in [1.807, 2.05) is 19.1 Å². The number of hydrogen-bond acceptors (Lipinski definition) is 4. The summed E-state index contributed by atoms with van der Waals surface area (Å²) in [5, 5.41) is 5.02. The lowest BCUT2D eigenvalue weighted by atomic mass is 10.1. The number of hydrogen-bond donors (Lipinski definition) is 0. The number of rotatable bonds is 2. The van der Waals surface area contributed by atoms with Crippen molar-refractivity contribution in [3.63, 3.8) is 0 Å². The number of amides is 2. The number of imide groups is 1. The van der Waals surface area contributed by atoms with E-state index in [2.05, 4.69) is 10.1 Å². The van der Waals surface area contributed by atoms with Crippen molar-refractivity contribution < 1.29 is 14.0 Å². The molecule has 0 fully saturated rings. The van der Waals surface area contributed by atoms with Crippen molar-refractivity contribution in [2.45, 2.75) is 13.8 Å². The first-order valence-corrected chi connectivity index (χ1v) is 9.06. The molecule has 0 saturated carbocycles. The number of aromatic nitrogens is 3. The van der Waals surface area contributed by atoms with Crippen LogP contribution in [0.5, 0.6) is 0 Å². The topological polar surface area (TPSA) is 68.1 Å². The Morgan fingerprint density at radius 3 is 2.38 bits per heavy atom. The van der Waals surface area contributed by atoms with Crippen LogP contribution in [0.25, 0.3) is 16.7 Å². The van der Waals surface area contributed by atoms with Crippen molar-refractivity contribution in [2.24, 2.45) is 0 Å². The molecule has 2 aromatic heterocycles. The average molecular weight is 386 g/mol. The van der Waals surface area contributed by atoms with Gasteiger partial charge in [0.1, 0.15) is 5.82 Å². The lowest BCUT2D eigenvalue weighted by molar-refractivity contribution is 0.0926. The number of nitrogens with zero attached hydrogens (tertiary/aromatic N) is 4. The van der Waals surface area contributed by atoms with Crippen LogP contribution in [0, 0.1) is 19.7 Å². The van der Waals surface area contributed by atoms with Gasteiger partial charge in [0, 0.05) is 6.20 Å². The summed E-state index contributed by atoms with van der Waals surface area (Å²) in [4.78, 5) is 31.9. The Balaban J connectivity index is 1.73. The zero-order valence-corrected chi connectivity index (χ0v) is 15.7. The maximum absolute atomic E-state index is 13.3. The van der Waals surface area contributed by atoms with E-state index in [0.29, 0.717) is 33.7 Å². The zero-order valence-electron chi connectivity index (χ0n) is 15.7. The number of para-hydroxylation sites is 1. The molecule has 142 valence electrons. The number of halogens is 1. The van der Waals surface area contributed by atoms with Crippen molar-refractivity contribution in [1.29, 1.82) is 0 Å². The van der Waals surface area contributed by atoms with Crippen LogP contribution in [0.1, 0.15) is 32.0 Å². The van der Waals surface area contributed by atoms with Crippen molar-refractivity contribution in [1.82, 2.24) is 14.8 Å². The second-order valence-electron chi connectivity index (χ2n) is 6.95. The molecule has 7 heteroatoms. The Labute approximate surface area is 165 Å². The molecule has 5 rings (SSSR count). The van der Waals surface area contributed by atoms with E-state index < -0.39 is 11.8 Å². The van der Waals surface area contributed by atoms with Gasteiger partial charge in [-0.3, -0.25) is 9.59 Å². The molecule has 0 saturated heterocycles. The molecular weight excluding hydrogens is 371 g/mol. The molecule has 3 heterocycles. The lowest BCUT2D eigenvalue weighted by Gasteiger charge is -2.16. The zero-order chi connectivity index (χ0) is 20.3. The third-order valence-corrected chi connectivity index (χ3v) is 5.15. The number of aryl methyl sites for hydroxylation is 2. The molecule has 0 radical (unpaired) electrons. The Hall–Kier alpha value is -3.87.